The van der Waals surface area contributed by atoms with Gasteiger partial charge in [0.25, 0.3) is 0 Å². The summed E-state index contributed by atoms with van der Waals surface area (Å²) in [5, 5.41) is 7.26. The van der Waals surface area contributed by atoms with Crippen LogP contribution in [-0.4, -0.2) is 39.7 Å². The molecule has 0 atom stereocenters. The summed E-state index contributed by atoms with van der Waals surface area (Å²) in [7, 11) is -2.40. The molecule has 1 aromatic heterocycles. The number of esters is 1. The van der Waals surface area contributed by atoms with Crippen molar-refractivity contribution in [2.75, 3.05) is 11.9 Å². The van der Waals surface area contributed by atoms with Gasteiger partial charge in [-0.1, -0.05) is 5.46 Å². The van der Waals surface area contributed by atoms with E-state index < -0.39 is 28.3 Å². The maximum Gasteiger partial charge on any atom is 0.315 e. The van der Waals surface area contributed by atoms with Crippen molar-refractivity contribution in [3.05, 3.63) is 12.3 Å². The molecule has 1 heterocycles. The van der Waals surface area contributed by atoms with Crippen LogP contribution in [-0.2, 0) is 24.3 Å². The van der Waals surface area contributed by atoms with E-state index in [0.29, 0.717) is 5.46 Å². The fourth-order valence-corrected chi connectivity index (χ4v) is 2.10. The smallest absolute Gasteiger partial charge is 0.315 e. The van der Waals surface area contributed by atoms with Gasteiger partial charge in [-0.25, -0.2) is 18.5 Å². The standard InChI is InChI=1S/C10H14BN3O5S/c1-2-19-9(16)4-8(15)14-10-7(20(12,17)18)3-6(11)5-13-10/h3,5H,2,4,11H2,1H3,(H2,12,17,18)(H,13,14,15). The average molecular weight is 299 g/mol. The summed E-state index contributed by atoms with van der Waals surface area (Å²) < 4.78 is 27.4. The quantitative estimate of drug-likeness (QED) is 0.363. The van der Waals surface area contributed by atoms with Crippen molar-refractivity contribution in [1.29, 1.82) is 0 Å². The molecular formula is C10H14BN3O5S. The van der Waals surface area contributed by atoms with Gasteiger partial charge in [0.2, 0.25) is 15.9 Å². The number of aromatic nitrogens is 1. The van der Waals surface area contributed by atoms with Gasteiger partial charge in [0, 0.05) is 6.20 Å². The molecule has 0 radical (unpaired) electrons. The molecule has 0 aliphatic rings. The lowest BCUT2D eigenvalue weighted by molar-refractivity contribution is -0.145. The lowest BCUT2D eigenvalue weighted by Gasteiger charge is -2.09. The van der Waals surface area contributed by atoms with E-state index in [1.165, 1.54) is 12.3 Å². The molecule has 8 nitrogen and oxygen atoms in total. The minimum atomic E-state index is -4.03. The van der Waals surface area contributed by atoms with E-state index in [-0.39, 0.29) is 17.3 Å². The molecule has 0 fully saturated rings. The third kappa shape index (κ3) is 4.63. The minimum absolute atomic E-state index is 0.150. The van der Waals surface area contributed by atoms with Crippen LogP contribution in [0.5, 0.6) is 0 Å². The molecule has 0 aliphatic carbocycles. The number of rotatable bonds is 5. The van der Waals surface area contributed by atoms with Crippen molar-refractivity contribution in [2.24, 2.45) is 5.14 Å². The summed E-state index contributed by atoms with van der Waals surface area (Å²) in [5.74, 6) is -1.66. The predicted octanol–water partition coefficient (Wildman–Crippen LogP) is -2.12. The summed E-state index contributed by atoms with van der Waals surface area (Å²) in [5.41, 5.74) is 0.567. The Bertz CT molecular complexity index is 632. The first-order valence-electron chi connectivity index (χ1n) is 5.69. The maximum atomic E-state index is 11.6. The highest BCUT2D eigenvalue weighted by atomic mass is 32.2. The van der Waals surface area contributed by atoms with Crippen LogP contribution < -0.4 is 15.9 Å². The largest absolute Gasteiger partial charge is 0.466 e. The zero-order chi connectivity index (χ0) is 15.3. The second-order valence-corrected chi connectivity index (χ2v) is 5.46. The Hall–Kier alpha value is -1.94. The molecule has 0 spiro atoms. The molecule has 108 valence electrons. The SMILES string of the molecule is Bc1cnc(NC(=O)CC(=O)OCC)c(S(N)(=O)=O)c1. The normalized spacial score (nSPS) is 10.9. The number of primary sulfonamides is 1. The number of pyridine rings is 1. The zero-order valence-corrected chi connectivity index (χ0v) is 11.9. The van der Waals surface area contributed by atoms with Crippen molar-refractivity contribution < 1.29 is 22.7 Å². The van der Waals surface area contributed by atoms with Crippen molar-refractivity contribution >= 4 is 41.0 Å². The van der Waals surface area contributed by atoms with Crippen LogP contribution in [0.2, 0.25) is 0 Å². The predicted molar refractivity (Wildman–Crippen MR) is 73.7 cm³/mol. The van der Waals surface area contributed by atoms with Gasteiger partial charge in [-0.15, -0.1) is 0 Å². The van der Waals surface area contributed by atoms with Crippen LogP contribution in [0.1, 0.15) is 13.3 Å². The number of amides is 1. The molecule has 0 unspecified atom stereocenters. The molecule has 0 aromatic carbocycles. The molecule has 20 heavy (non-hydrogen) atoms. The highest BCUT2D eigenvalue weighted by molar-refractivity contribution is 7.89. The van der Waals surface area contributed by atoms with Crippen LogP contribution in [0.15, 0.2) is 17.2 Å². The third-order valence-corrected chi connectivity index (χ3v) is 3.09. The number of nitrogens with zero attached hydrogens (tertiary/aromatic N) is 1. The van der Waals surface area contributed by atoms with Crippen LogP contribution in [0.3, 0.4) is 0 Å². The Kier molecular flexibility index (Phi) is 5.23. The molecule has 0 bridgehead atoms. The summed E-state index contributed by atoms with van der Waals surface area (Å²) in [6.07, 6.45) is 0.835. The number of anilines is 1. The van der Waals surface area contributed by atoms with E-state index in [1.807, 2.05) is 0 Å². The first kappa shape index (κ1) is 16.1. The van der Waals surface area contributed by atoms with E-state index in [0.717, 1.165) is 0 Å². The van der Waals surface area contributed by atoms with Gasteiger partial charge in [-0.3, -0.25) is 9.59 Å². The number of nitrogens with two attached hydrogens (primary N) is 1. The molecule has 0 aliphatic heterocycles. The van der Waals surface area contributed by atoms with Crippen molar-refractivity contribution in [3.8, 4) is 0 Å². The molecule has 0 saturated heterocycles. The first-order chi connectivity index (χ1) is 9.24. The van der Waals surface area contributed by atoms with Crippen molar-refractivity contribution in [2.45, 2.75) is 18.2 Å². The zero-order valence-electron chi connectivity index (χ0n) is 11.0. The maximum absolute atomic E-state index is 11.6. The summed E-state index contributed by atoms with van der Waals surface area (Å²) in [6.45, 7) is 1.76. The Balaban J connectivity index is 2.93. The number of hydrogen-bond donors (Lipinski definition) is 2. The van der Waals surface area contributed by atoms with Gasteiger partial charge < -0.3 is 10.1 Å². The topological polar surface area (TPSA) is 128 Å². The monoisotopic (exact) mass is 299 g/mol. The Labute approximate surface area is 117 Å². The number of sulfonamides is 1. The Morgan fingerprint density at radius 2 is 2.15 bits per heavy atom. The van der Waals surface area contributed by atoms with Crippen LogP contribution in [0.25, 0.3) is 0 Å². The number of nitrogens with one attached hydrogen (secondary N) is 1. The van der Waals surface area contributed by atoms with E-state index >= 15 is 0 Å². The fourth-order valence-electron chi connectivity index (χ4n) is 1.37. The number of carbonyl (C=O) groups is 2. The fraction of sp³-hybridized carbons (Fsp3) is 0.300. The molecule has 1 amide bonds. The second-order valence-electron chi connectivity index (χ2n) is 3.93. The van der Waals surface area contributed by atoms with E-state index in [2.05, 4.69) is 15.0 Å². The van der Waals surface area contributed by atoms with Crippen LogP contribution in [0.4, 0.5) is 5.82 Å². The van der Waals surface area contributed by atoms with Gasteiger partial charge in [-0.05, 0) is 13.0 Å². The molecular weight excluding hydrogens is 285 g/mol. The molecule has 3 N–H and O–H groups in total. The minimum Gasteiger partial charge on any atom is -0.466 e. The van der Waals surface area contributed by atoms with E-state index in [4.69, 9.17) is 5.14 Å². The van der Waals surface area contributed by atoms with Crippen LogP contribution in [0, 0.1) is 0 Å². The van der Waals surface area contributed by atoms with Gasteiger partial charge >= 0.3 is 5.97 Å². The molecule has 10 heteroatoms. The Morgan fingerprint density at radius 3 is 2.70 bits per heavy atom. The number of hydrogen-bond acceptors (Lipinski definition) is 6. The first-order valence-corrected chi connectivity index (χ1v) is 7.23. The van der Waals surface area contributed by atoms with Gasteiger partial charge in [0.15, 0.2) is 5.82 Å². The lowest BCUT2D eigenvalue weighted by Crippen LogP contribution is -2.23. The van der Waals surface area contributed by atoms with Gasteiger partial charge in [-0.2, -0.15) is 0 Å². The number of ether oxygens (including phenoxy) is 1. The van der Waals surface area contributed by atoms with Gasteiger partial charge in [0.05, 0.1) is 6.61 Å². The summed E-state index contributed by atoms with van der Waals surface area (Å²) in [4.78, 5) is 26.2. The summed E-state index contributed by atoms with van der Waals surface area (Å²) >= 11 is 0. The second kappa shape index (κ2) is 6.48. The molecule has 1 aromatic rings. The number of carbonyl (C=O) groups excluding carboxylic acids is 2. The van der Waals surface area contributed by atoms with Crippen molar-refractivity contribution in [1.82, 2.24) is 4.98 Å². The summed E-state index contributed by atoms with van der Waals surface area (Å²) in [6, 6.07) is 1.28. The van der Waals surface area contributed by atoms with E-state index in [1.54, 1.807) is 14.8 Å². The van der Waals surface area contributed by atoms with E-state index in [9.17, 15) is 18.0 Å². The highest BCUT2D eigenvalue weighted by Gasteiger charge is 2.19. The molecule has 0 saturated carbocycles. The highest BCUT2D eigenvalue weighted by Crippen LogP contribution is 2.15. The van der Waals surface area contributed by atoms with Gasteiger partial charge in [0.1, 0.15) is 19.2 Å². The Morgan fingerprint density at radius 1 is 1.50 bits per heavy atom. The lowest BCUT2D eigenvalue weighted by atomic mass is 9.99. The van der Waals surface area contributed by atoms with Crippen molar-refractivity contribution in [3.63, 3.8) is 0 Å². The third-order valence-electron chi connectivity index (χ3n) is 2.16. The average Bonchev–Trinajstić information content (AvgIpc) is 2.30. The van der Waals surface area contributed by atoms with Crippen LogP contribution >= 0.6 is 0 Å². The molecule has 1 rings (SSSR count).